The molecule has 4 rings (SSSR count). The number of aryl methyl sites for hydroxylation is 1. The van der Waals surface area contributed by atoms with Crippen molar-refractivity contribution in [3.05, 3.63) is 92.9 Å². The summed E-state index contributed by atoms with van der Waals surface area (Å²) in [4.78, 5) is 17.3. The van der Waals surface area contributed by atoms with Crippen LogP contribution in [0.25, 0.3) is 0 Å². The molecule has 0 amide bonds. The Balaban J connectivity index is 1.50. The molecule has 6 nitrogen and oxygen atoms in total. The number of piperidine rings is 1. The van der Waals surface area contributed by atoms with E-state index in [-0.39, 0.29) is 18.4 Å². The Morgan fingerprint density at radius 2 is 1.85 bits per heavy atom. The summed E-state index contributed by atoms with van der Waals surface area (Å²) in [5.74, 6) is 7.71. The predicted octanol–water partition coefficient (Wildman–Crippen LogP) is 5.45. The Labute approximate surface area is 199 Å². The van der Waals surface area contributed by atoms with Gasteiger partial charge in [0.25, 0.3) is 0 Å². The fourth-order valence-electron chi connectivity index (χ4n) is 4.44. The van der Waals surface area contributed by atoms with Gasteiger partial charge in [0.1, 0.15) is 6.20 Å². The lowest BCUT2D eigenvalue weighted by molar-refractivity contribution is -0.392. The lowest BCUT2D eigenvalue weighted by Gasteiger charge is -2.36. The fourth-order valence-corrected chi connectivity index (χ4v) is 4.68. The molecule has 0 aliphatic carbocycles. The van der Waals surface area contributed by atoms with Crippen molar-refractivity contribution in [2.45, 2.75) is 38.8 Å². The summed E-state index contributed by atoms with van der Waals surface area (Å²) in [5.41, 5.74) is 2.36. The highest BCUT2D eigenvalue weighted by Crippen LogP contribution is 2.31. The summed E-state index contributed by atoms with van der Waals surface area (Å²) in [6.45, 7) is 3.84. The van der Waals surface area contributed by atoms with Crippen LogP contribution in [-0.2, 0) is 13.0 Å². The molecule has 1 atom stereocenters. The molecule has 0 radical (unpaired) electrons. The molecule has 170 valence electrons. The zero-order valence-electron chi connectivity index (χ0n) is 18.7. The SMILES string of the molecule is Cc1ncc([N+](=O)[O-])n1CC#CC(c1ccccc1Cl)N1CCC(Cc2ccccc2)CC1. The third kappa shape index (κ3) is 5.62. The van der Waals surface area contributed by atoms with Gasteiger partial charge in [-0.2, -0.15) is 4.57 Å². The van der Waals surface area contributed by atoms with Crippen LogP contribution in [0.15, 0.2) is 60.8 Å². The summed E-state index contributed by atoms with van der Waals surface area (Å²) in [7, 11) is 0. The van der Waals surface area contributed by atoms with E-state index in [4.69, 9.17) is 11.6 Å². The molecule has 0 spiro atoms. The molecule has 2 heterocycles. The molecule has 1 unspecified atom stereocenters. The second-order valence-electron chi connectivity index (χ2n) is 8.42. The fraction of sp³-hybridized carbons (Fsp3) is 0.346. The summed E-state index contributed by atoms with van der Waals surface area (Å²) in [5, 5.41) is 12.0. The second-order valence-corrected chi connectivity index (χ2v) is 8.83. The number of benzene rings is 2. The largest absolute Gasteiger partial charge is 0.358 e. The average molecular weight is 463 g/mol. The molecule has 1 aliphatic heterocycles. The Hall–Kier alpha value is -3.14. The van der Waals surface area contributed by atoms with Gasteiger partial charge in [0.05, 0.1) is 6.04 Å². The maximum atomic E-state index is 11.3. The second kappa shape index (κ2) is 10.7. The first-order valence-electron chi connectivity index (χ1n) is 11.2. The number of hydrogen-bond acceptors (Lipinski definition) is 4. The summed E-state index contributed by atoms with van der Waals surface area (Å²) < 4.78 is 1.53. The number of halogens is 1. The molecule has 1 saturated heterocycles. The van der Waals surface area contributed by atoms with Crippen LogP contribution < -0.4 is 0 Å². The number of rotatable bonds is 6. The van der Waals surface area contributed by atoms with Gasteiger partial charge in [-0.15, -0.1) is 0 Å². The van der Waals surface area contributed by atoms with E-state index in [1.165, 1.54) is 16.3 Å². The summed E-state index contributed by atoms with van der Waals surface area (Å²) in [6, 6.07) is 18.3. The number of likely N-dealkylation sites (tertiary alicyclic amines) is 1. The van der Waals surface area contributed by atoms with E-state index in [9.17, 15) is 10.1 Å². The van der Waals surface area contributed by atoms with Gasteiger partial charge in [-0.05, 0) is 60.4 Å². The van der Waals surface area contributed by atoms with E-state index >= 15 is 0 Å². The van der Waals surface area contributed by atoms with Crippen LogP contribution in [0.2, 0.25) is 5.02 Å². The molecule has 1 fully saturated rings. The minimum absolute atomic E-state index is 0.0437. The van der Waals surface area contributed by atoms with Crippen molar-refractivity contribution in [1.82, 2.24) is 14.5 Å². The van der Waals surface area contributed by atoms with Crippen LogP contribution in [0.1, 0.15) is 35.8 Å². The van der Waals surface area contributed by atoms with E-state index < -0.39 is 4.92 Å². The quantitative estimate of drug-likeness (QED) is 0.277. The molecule has 33 heavy (non-hydrogen) atoms. The number of imidazole rings is 1. The Bertz CT molecular complexity index is 1160. The minimum Gasteiger partial charge on any atom is -0.358 e. The van der Waals surface area contributed by atoms with Crippen molar-refractivity contribution >= 4 is 17.4 Å². The first-order valence-corrected chi connectivity index (χ1v) is 11.6. The third-order valence-corrected chi connectivity index (χ3v) is 6.62. The summed E-state index contributed by atoms with van der Waals surface area (Å²) in [6.07, 6.45) is 4.58. The van der Waals surface area contributed by atoms with Gasteiger partial charge in [0, 0.05) is 11.9 Å². The lowest BCUT2D eigenvalue weighted by atomic mass is 9.89. The van der Waals surface area contributed by atoms with Crippen molar-refractivity contribution in [3.63, 3.8) is 0 Å². The van der Waals surface area contributed by atoms with E-state index in [2.05, 4.69) is 52.1 Å². The predicted molar refractivity (Wildman–Crippen MR) is 130 cm³/mol. The van der Waals surface area contributed by atoms with E-state index in [0.29, 0.717) is 16.8 Å². The Morgan fingerprint density at radius 3 is 2.55 bits per heavy atom. The average Bonchev–Trinajstić information content (AvgIpc) is 3.19. The van der Waals surface area contributed by atoms with E-state index in [1.807, 2.05) is 24.3 Å². The van der Waals surface area contributed by atoms with Crippen LogP contribution in [0.4, 0.5) is 5.82 Å². The van der Waals surface area contributed by atoms with Crippen molar-refractivity contribution in [2.24, 2.45) is 5.92 Å². The topological polar surface area (TPSA) is 64.2 Å². The monoisotopic (exact) mass is 462 g/mol. The van der Waals surface area contributed by atoms with Crippen LogP contribution in [0.3, 0.4) is 0 Å². The highest BCUT2D eigenvalue weighted by Gasteiger charge is 2.26. The standard InChI is InChI=1S/C26H27ClN4O2/c1-20-28-19-26(31(32)33)30(20)15-7-12-25(23-10-5-6-11-24(23)27)29-16-13-22(14-17-29)18-21-8-3-2-4-9-21/h2-6,8-11,19,22,25H,13-18H2,1H3. The highest BCUT2D eigenvalue weighted by molar-refractivity contribution is 6.31. The van der Waals surface area contributed by atoms with Gasteiger partial charge in [-0.3, -0.25) is 4.90 Å². The molecular weight excluding hydrogens is 436 g/mol. The third-order valence-electron chi connectivity index (χ3n) is 6.28. The maximum Gasteiger partial charge on any atom is 0.343 e. The van der Waals surface area contributed by atoms with Gasteiger partial charge in [-0.1, -0.05) is 72.0 Å². The number of aromatic nitrogens is 2. The van der Waals surface area contributed by atoms with Crippen LogP contribution in [0.5, 0.6) is 0 Å². The molecule has 0 saturated carbocycles. The Kier molecular flexibility index (Phi) is 7.43. The first-order chi connectivity index (χ1) is 16.0. The molecule has 1 aromatic heterocycles. The molecule has 1 aliphatic rings. The van der Waals surface area contributed by atoms with Gasteiger partial charge in [0.15, 0.2) is 12.4 Å². The van der Waals surface area contributed by atoms with Crippen LogP contribution in [0, 0.1) is 34.8 Å². The number of hydrogen-bond donors (Lipinski definition) is 0. The molecule has 0 N–H and O–H groups in total. The van der Waals surface area contributed by atoms with Gasteiger partial charge in [0.2, 0.25) is 0 Å². The zero-order valence-corrected chi connectivity index (χ0v) is 19.4. The zero-order chi connectivity index (χ0) is 23.2. The molecule has 0 bridgehead atoms. The van der Waals surface area contributed by atoms with Crippen LogP contribution >= 0.6 is 11.6 Å². The molecule has 3 aromatic rings. The maximum absolute atomic E-state index is 11.3. The van der Waals surface area contributed by atoms with Crippen molar-refractivity contribution in [2.75, 3.05) is 13.1 Å². The Morgan fingerprint density at radius 1 is 1.15 bits per heavy atom. The normalized spacial score (nSPS) is 15.6. The van der Waals surface area contributed by atoms with Crippen LogP contribution in [-0.4, -0.2) is 32.5 Å². The van der Waals surface area contributed by atoms with Crippen molar-refractivity contribution in [1.29, 1.82) is 0 Å². The van der Waals surface area contributed by atoms with Gasteiger partial charge >= 0.3 is 5.82 Å². The van der Waals surface area contributed by atoms with Gasteiger partial charge < -0.3 is 10.1 Å². The smallest absolute Gasteiger partial charge is 0.343 e. The number of nitrogens with zero attached hydrogens (tertiary/aromatic N) is 4. The number of nitro groups is 1. The molecule has 2 aromatic carbocycles. The van der Waals surface area contributed by atoms with Crippen molar-refractivity contribution in [3.8, 4) is 11.8 Å². The van der Waals surface area contributed by atoms with E-state index in [1.54, 1.807) is 6.92 Å². The van der Waals surface area contributed by atoms with E-state index in [0.717, 1.165) is 37.9 Å². The molecular formula is C26H27ClN4O2. The minimum atomic E-state index is -0.426. The highest BCUT2D eigenvalue weighted by atomic mass is 35.5. The van der Waals surface area contributed by atoms with Gasteiger partial charge in [-0.25, -0.2) is 4.98 Å². The molecule has 7 heteroatoms. The summed E-state index contributed by atoms with van der Waals surface area (Å²) >= 11 is 6.55. The first kappa shape index (κ1) is 23.0. The van der Waals surface area contributed by atoms with Crippen molar-refractivity contribution < 1.29 is 4.92 Å². The lowest BCUT2D eigenvalue weighted by Crippen LogP contribution is -2.37.